The van der Waals surface area contributed by atoms with E-state index in [1.54, 1.807) is 30.2 Å². The first-order chi connectivity index (χ1) is 37.1. The molecular weight excluding hydrogens is 1040 g/mol. The van der Waals surface area contributed by atoms with Crippen LogP contribution in [-0.4, -0.2) is 162 Å². The number of aryl methyl sites for hydroxylation is 3. The van der Waals surface area contributed by atoms with E-state index in [-0.39, 0.29) is 131 Å². The maximum atomic E-state index is 14.7. The Kier molecular flexibility index (Phi) is 19.2. The Hall–Kier alpha value is -6.17. The predicted molar refractivity (Wildman–Crippen MR) is 288 cm³/mol. The van der Waals surface area contributed by atoms with Crippen molar-refractivity contribution < 1.29 is 47.0 Å². The zero-order chi connectivity index (χ0) is 54.9. The van der Waals surface area contributed by atoms with Crippen molar-refractivity contribution in [2.75, 3.05) is 86.0 Å². The molecule has 0 radical (unpaired) electrons. The molecule has 23 heteroatoms. The molecule has 3 atom stereocenters. The van der Waals surface area contributed by atoms with Crippen LogP contribution in [-0.2, 0) is 35.6 Å². The van der Waals surface area contributed by atoms with E-state index in [1.807, 2.05) is 35.8 Å². The lowest BCUT2D eigenvalue weighted by Crippen LogP contribution is -2.59. The number of carbonyl (C=O) groups is 5. The number of carbonyl (C=O) groups excluding carboxylic acids is 5. The first-order valence-electron chi connectivity index (χ1n) is 26.2. The van der Waals surface area contributed by atoms with Crippen LogP contribution in [0.2, 0.25) is 5.02 Å². The first-order valence-corrected chi connectivity index (χ1v) is 27.4. The van der Waals surface area contributed by atoms with Crippen LogP contribution >= 0.6 is 22.9 Å². The third kappa shape index (κ3) is 13.1. The third-order valence-electron chi connectivity index (χ3n) is 14.6. The molecule has 0 bridgehead atoms. The van der Waals surface area contributed by atoms with Crippen molar-refractivity contribution in [3.63, 3.8) is 0 Å². The maximum absolute atomic E-state index is 14.7. The second-order valence-electron chi connectivity index (χ2n) is 19.6. The van der Waals surface area contributed by atoms with Gasteiger partial charge in [-0.2, -0.15) is 0 Å². The van der Waals surface area contributed by atoms with Crippen molar-refractivity contribution in [3.05, 3.63) is 97.5 Å². The number of hydrogen-bond donors (Lipinski definition) is 4. The van der Waals surface area contributed by atoms with Gasteiger partial charge in [0, 0.05) is 78.8 Å². The molecule has 2 fully saturated rings. The minimum Gasteiger partial charge on any atom is -0.377 e. The van der Waals surface area contributed by atoms with Crippen LogP contribution < -0.4 is 21.3 Å². The topological polar surface area (TPSA) is 216 Å². The molecule has 5 amide bonds. The summed E-state index contributed by atoms with van der Waals surface area (Å²) < 4.78 is 49.7. The van der Waals surface area contributed by atoms with Crippen LogP contribution in [0.1, 0.15) is 106 Å². The minimum absolute atomic E-state index is 0.00545. The number of likely N-dealkylation sites (N-methyl/N-ethyl adjacent to an activating group) is 1. The lowest BCUT2D eigenvalue weighted by Gasteiger charge is -2.39. The van der Waals surface area contributed by atoms with Gasteiger partial charge in [-0.15, -0.1) is 21.5 Å². The maximum Gasteiger partial charge on any atom is 0.271 e. The normalized spacial score (nSPS) is 16.6. The average molecular weight is 1100 g/mol. The lowest BCUT2D eigenvalue weighted by molar-refractivity contribution is -0.140. The lowest BCUT2D eigenvalue weighted by atomic mass is 9.83. The van der Waals surface area contributed by atoms with Gasteiger partial charge in [0.1, 0.15) is 28.6 Å². The standard InChI is InChI=1S/C54H68ClF2N11O8S/c1-31-33(3)77-54-44(31)46(36-12-14-37(55)15-13-36)61-41(49-64-63-34(4)68(49)54)30-43(69)59-16-22-74-24-26-76-27-25-75-23-17-60-51(71)45-38-28-39(56)40(57)29-42(38)65(6)48(45)53(73)67-20-18-66(19-21-67)52(72)47(35-10-8-7-9-11-35)62-50(70)32(2)58-5/h12-15,28-29,32,35,41,47,58H,7-11,16-27,30H2,1-6H3,(H,59,69)(H,60,71)(H,62,70)/t32-,41-,47-/m0/s1. The van der Waals surface area contributed by atoms with Gasteiger partial charge < -0.3 is 49.8 Å². The molecule has 3 aromatic heterocycles. The zero-order valence-electron chi connectivity index (χ0n) is 44.4. The Labute approximate surface area is 455 Å². The average Bonchev–Trinajstić information content (AvgIpc) is 4.02. The number of aromatic nitrogens is 4. The number of hydrogen-bond acceptors (Lipinski definition) is 13. The Morgan fingerprint density at radius 3 is 2.12 bits per heavy atom. The van der Waals surface area contributed by atoms with Gasteiger partial charge in [0.25, 0.3) is 11.8 Å². The molecule has 414 valence electrons. The smallest absolute Gasteiger partial charge is 0.271 e. The number of rotatable bonds is 22. The molecule has 19 nitrogen and oxygen atoms in total. The van der Waals surface area contributed by atoms with Crippen LogP contribution in [0.4, 0.5) is 8.78 Å². The van der Waals surface area contributed by atoms with Gasteiger partial charge in [-0.1, -0.05) is 43.0 Å². The molecule has 8 rings (SSSR count). The van der Waals surface area contributed by atoms with Crippen molar-refractivity contribution in [2.24, 2.45) is 18.0 Å². The van der Waals surface area contributed by atoms with Gasteiger partial charge in [-0.3, -0.25) is 33.5 Å². The molecule has 1 aliphatic carbocycles. The van der Waals surface area contributed by atoms with E-state index in [0.717, 1.165) is 76.5 Å². The fourth-order valence-electron chi connectivity index (χ4n) is 10.2. The van der Waals surface area contributed by atoms with Crippen molar-refractivity contribution in [1.29, 1.82) is 0 Å². The summed E-state index contributed by atoms with van der Waals surface area (Å²) >= 11 is 7.88. The van der Waals surface area contributed by atoms with Gasteiger partial charge in [0.05, 0.1) is 68.9 Å². The summed E-state index contributed by atoms with van der Waals surface area (Å²) in [5.41, 5.74) is 3.74. The van der Waals surface area contributed by atoms with Crippen LogP contribution in [0.3, 0.4) is 0 Å². The molecule has 0 unspecified atom stereocenters. The monoisotopic (exact) mass is 1100 g/mol. The molecule has 2 aliphatic heterocycles. The summed E-state index contributed by atoms with van der Waals surface area (Å²) in [5, 5.41) is 22.1. The number of halogens is 3. The van der Waals surface area contributed by atoms with Gasteiger partial charge in [-0.25, -0.2) is 8.78 Å². The molecule has 4 N–H and O–H groups in total. The summed E-state index contributed by atoms with van der Waals surface area (Å²) in [5.74, 6) is -2.86. The van der Waals surface area contributed by atoms with Crippen molar-refractivity contribution in [3.8, 4) is 5.00 Å². The molecular formula is C54H68ClF2N11O8S. The number of thiophene rings is 1. The second-order valence-corrected chi connectivity index (χ2v) is 21.3. The van der Waals surface area contributed by atoms with Gasteiger partial charge >= 0.3 is 0 Å². The van der Waals surface area contributed by atoms with Crippen LogP contribution in [0.5, 0.6) is 0 Å². The van der Waals surface area contributed by atoms with Crippen molar-refractivity contribution in [1.82, 2.24) is 50.4 Å². The number of amides is 5. The quantitative estimate of drug-likeness (QED) is 0.0634. The molecule has 5 aromatic rings. The van der Waals surface area contributed by atoms with Crippen molar-refractivity contribution in [2.45, 2.75) is 84.3 Å². The summed E-state index contributed by atoms with van der Waals surface area (Å²) in [6.45, 7) is 10.1. The van der Waals surface area contributed by atoms with E-state index in [2.05, 4.69) is 45.3 Å². The van der Waals surface area contributed by atoms with Crippen LogP contribution in [0.25, 0.3) is 15.9 Å². The van der Waals surface area contributed by atoms with Crippen LogP contribution in [0, 0.1) is 38.3 Å². The summed E-state index contributed by atoms with van der Waals surface area (Å²) in [6.07, 6.45) is 4.76. The van der Waals surface area contributed by atoms with E-state index in [1.165, 1.54) is 16.5 Å². The largest absolute Gasteiger partial charge is 0.377 e. The Morgan fingerprint density at radius 1 is 0.831 bits per heavy atom. The SMILES string of the molecule is CN[C@@H](C)C(=O)N[C@H](C(=O)N1CCN(C(=O)c2c(C(=O)NCCOCCOCCOCCNC(=O)C[C@@H]3N=C(c4ccc(Cl)cc4)c4c(sc(C)c4C)-n4c(C)nnc43)c3cc(F)c(F)cc3n2C)CC1)C1CCCCC1. The summed E-state index contributed by atoms with van der Waals surface area (Å²) in [6, 6.07) is 7.62. The number of nitrogens with zero attached hydrogens (tertiary/aromatic N) is 7. The Bertz CT molecular complexity index is 2980. The van der Waals surface area contributed by atoms with Crippen LogP contribution in [0.15, 0.2) is 41.4 Å². The number of ether oxygens (including phenoxy) is 3. The highest BCUT2D eigenvalue weighted by molar-refractivity contribution is 7.15. The third-order valence-corrected chi connectivity index (χ3v) is 16.1. The highest BCUT2D eigenvalue weighted by Crippen LogP contribution is 2.40. The highest BCUT2D eigenvalue weighted by Gasteiger charge is 2.38. The Morgan fingerprint density at radius 2 is 1.45 bits per heavy atom. The number of nitrogens with one attached hydrogen (secondary N) is 4. The molecule has 77 heavy (non-hydrogen) atoms. The molecule has 2 aromatic carbocycles. The Balaban J connectivity index is 0.763. The minimum atomic E-state index is -1.17. The number of piperazine rings is 1. The molecule has 0 spiro atoms. The summed E-state index contributed by atoms with van der Waals surface area (Å²) in [4.78, 5) is 77.9. The molecule has 5 heterocycles. The van der Waals surface area contributed by atoms with E-state index in [0.29, 0.717) is 16.7 Å². The van der Waals surface area contributed by atoms with Gasteiger partial charge in [-0.05, 0) is 77.3 Å². The second kappa shape index (κ2) is 26.0. The number of aliphatic imine (C=N–C) groups is 1. The van der Waals surface area contributed by atoms with Gasteiger partial charge in [0.2, 0.25) is 17.7 Å². The van der Waals surface area contributed by atoms with E-state index >= 15 is 0 Å². The molecule has 3 aliphatic rings. The van der Waals surface area contributed by atoms with E-state index in [9.17, 15) is 32.8 Å². The van der Waals surface area contributed by atoms with Gasteiger partial charge in [0.15, 0.2) is 17.5 Å². The zero-order valence-corrected chi connectivity index (χ0v) is 46.0. The molecule has 1 saturated carbocycles. The molecule has 1 saturated heterocycles. The predicted octanol–water partition coefficient (Wildman–Crippen LogP) is 5.51. The first kappa shape index (κ1) is 57.0. The van der Waals surface area contributed by atoms with E-state index in [4.69, 9.17) is 30.8 Å². The number of fused-ring (bicyclic) bond motifs is 4. The summed E-state index contributed by atoms with van der Waals surface area (Å²) in [7, 11) is 3.20. The van der Waals surface area contributed by atoms with Crippen molar-refractivity contribution >= 4 is 69.1 Å². The number of benzene rings is 2. The highest BCUT2D eigenvalue weighted by atomic mass is 35.5. The van der Waals surface area contributed by atoms with E-state index < -0.39 is 41.6 Å². The fraction of sp³-hybridized carbons (Fsp3) is 0.519. The fourth-order valence-corrected chi connectivity index (χ4v) is 11.5.